The summed E-state index contributed by atoms with van der Waals surface area (Å²) in [6, 6.07) is 1.24. The summed E-state index contributed by atoms with van der Waals surface area (Å²) >= 11 is 0. The van der Waals surface area contributed by atoms with Gasteiger partial charge in [0.25, 0.3) is 0 Å². The van der Waals surface area contributed by atoms with Crippen LogP contribution in [0.1, 0.15) is 46.2 Å². The quantitative estimate of drug-likeness (QED) is 0.757. The molecule has 0 saturated heterocycles. The Morgan fingerprint density at radius 1 is 1.26 bits per heavy atom. The second-order valence-corrected chi connectivity index (χ2v) is 5.27. The fraction of sp³-hybridized carbons (Fsp3) is 0.615. The summed E-state index contributed by atoms with van der Waals surface area (Å²) in [4.78, 5) is 23.2. The largest absolute Gasteiger partial charge is 0.344 e. The van der Waals surface area contributed by atoms with Crippen LogP contribution in [-0.4, -0.2) is 28.1 Å². The van der Waals surface area contributed by atoms with Gasteiger partial charge in [-0.05, 0) is 11.8 Å². The van der Waals surface area contributed by atoms with Gasteiger partial charge in [0, 0.05) is 18.7 Å². The van der Waals surface area contributed by atoms with Crippen LogP contribution in [0.15, 0.2) is 6.07 Å². The zero-order valence-electron chi connectivity index (χ0n) is 12.1. The highest BCUT2D eigenvalue weighted by Crippen LogP contribution is 2.15. The van der Waals surface area contributed by atoms with Gasteiger partial charge < -0.3 is 10.6 Å². The third-order valence-electron chi connectivity index (χ3n) is 2.78. The van der Waals surface area contributed by atoms with Gasteiger partial charge in [0.05, 0.1) is 0 Å². The van der Waals surface area contributed by atoms with Crippen molar-refractivity contribution in [3.63, 3.8) is 0 Å². The topological polar surface area (TPSA) is 86.9 Å². The van der Waals surface area contributed by atoms with Crippen molar-refractivity contribution in [1.29, 1.82) is 0 Å². The molecule has 6 heteroatoms. The molecule has 19 heavy (non-hydrogen) atoms. The van der Waals surface area contributed by atoms with E-state index < -0.39 is 6.04 Å². The molecule has 1 heterocycles. The first-order valence-corrected chi connectivity index (χ1v) is 6.44. The Morgan fingerprint density at radius 3 is 2.32 bits per heavy atom. The molecule has 0 fully saturated rings. The average molecular weight is 266 g/mol. The van der Waals surface area contributed by atoms with Crippen molar-refractivity contribution < 1.29 is 9.59 Å². The van der Waals surface area contributed by atoms with Crippen molar-refractivity contribution in [3.05, 3.63) is 11.8 Å². The number of nitrogens with zero attached hydrogens (tertiary/aromatic N) is 1. The summed E-state index contributed by atoms with van der Waals surface area (Å²) in [5.41, 5.74) is 0.955. The van der Waals surface area contributed by atoms with Crippen molar-refractivity contribution in [3.8, 4) is 0 Å². The fourth-order valence-corrected chi connectivity index (χ4v) is 1.65. The smallest absolute Gasteiger partial charge is 0.248 e. The van der Waals surface area contributed by atoms with E-state index in [9.17, 15) is 9.59 Å². The van der Waals surface area contributed by atoms with Crippen molar-refractivity contribution in [2.75, 3.05) is 5.32 Å². The molecule has 1 aromatic heterocycles. The molecule has 0 aromatic carbocycles. The third kappa shape index (κ3) is 4.39. The minimum Gasteiger partial charge on any atom is -0.344 e. The molecule has 1 atom stereocenters. The van der Waals surface area contributed by atoms with Gasteiger partial charge in [-0.2, -0.15) is 5.10 Å². The summed E-state index contributed by atoms with van der Waals surface area (Å²) < 4.78 is 0. The van der Waals surface area contributed by atoms with Gasteiger partial charge in [-0.15, -0.1) is 0 Å². The second-order valence-electron chi connectivity index (χ2n) is 5.27. The highest BCUT2D eigenvalue weighted by Gasteiger charge is 2.23. The number of hydrogen-bond donors (Lipinski definition) is 3. The highest BCUT2D eigenvalue weighted by atomic mass is 16.2. The Bertz CT molecular complexity index is 451. The Labute approximate surface area is 113 Å². The summed E-state index contributed by atoms with van der Waals surface area (Å²) in [7, 11) is 0. The van der Waals surface area contributed by atoms with Crippen molar-refractivity contribution in [1.82, 2.24) is 15.5 Å². The number of H-pyrrole nitrogens is 1. The Kier molecular flexibility index (Phi) is 5.09. The van der Waals surface area contributed by atoms with E-state index in [0.717, 1.165) is 5.69 Å². The number of rotatable bonds is 5. The molecule has 0 aliphatic heterocycles. The molecule has 0 spiro atoms. The molecular weight excluding hydrogens is 244 g/mol. The van der Waals surface area contributed by atoms with E-state index in [0.29, 0.717) is 11.7 Å². The van der Waals surface area contributed by atoms with Crippen LogP contribution in [-0.2, 0) is 9.59 Å². The maximum Gasteiger partial charge on any atom is 0.248 e. The molecule has 2 amide bonds. The molecule has 106 valence electrons. The SMILES string of the molecule is CC(=O)NC(C(=O)Nc1cc(C(C)C)[nH]n1)C(C)C. The van der Waals surface area contributed by atoms with Gasteiger partial charge >= 0.3 is 0 Å². The van der Waals surface area contributed by atoms with Crippen LogP contribution in [0.3, 0.4) is 0 Å². The number of aromatic nitrogens is 2. The van der Waals surface area contributed by atoms with E-state index >= 15 is 0 Å². The van der Waals surface area contributed by atoms with Gasteiger partial charge in [-0.25, -0.2) is 0 Å². The molecule has 0 saturated carbocycles. The Balaban J connectivity index is 2.72. The first-order chi connectivity index (χ1) is 8.81. The summed E-state index contributed by atoms with van der Waals surface area (Å²) in [5, 5.41) is 12.2. The highest BCUT2D eigenvalue weighted by molar-refractivity contribution is 5.96. The summed E-state index contributed by atoms with van der Waals surface area (Å²) in [6.45, 7) is 9.23. The molecule has 1 aromatic rings. The van der Waals surface area contributed by atoms with Crippen LogP contribution in [0.25, 0.3) is 0 Å². The van der Waals surface area contributed by atoms with E-state index in [4.69, 9.17) is 0 Å². The normalized spacial score (nSPS) is 12.6. The first kappa shape index (κ1) is 15.2. The number of amides is 2. The molecule has 1 unspecified atom stereocenters. The third-order valence-corrected chi connectivity index (χ3v) is 2.78. The predicted molar refractivity (Wildman–Crippen MR) is 73.7 cm³/mol. The lowest BCUT2D eigenvalue weighted by Gasteiger charge is -2.20. The van der Waals surface area contributed by atoms with E-state index in [1.807, 2.05) is 27.7 Å². The number of hydrogen-bond acceptors (Lipinski definition) is 3. The number of nitrogens with one attached hydrogen (secondary N) is 3. The number of aromatic amines is 1. The zero-order valence-corrected chi connectivity index (χ0v) is 12.1. The minimum atomic E-state index is -0.559. The Hall–Kier alpha value is -1.85. The lowest BCUT2D eigenvalue weighted by molar-refractivity contribution is -0.126. The second kappa shape index (κ2) is 6.36. The number of carbonyl (C=O) groups excluding carboxylic acids is 2. The van der Waals surface area contributed by atoms with Gasteiger partial charge in [-0.3, -0.25) is 14.7 Å². The molecule has 0 bridgehead atoms. The van der Waals surface area contributed by atoms with Crippen LogP contribution in [0.4, 0.5) is 5.82 Å². The van der Waals surface area contributed by atoms with E-state index in [1.54, 1.807) is 6.07 Å². The van der Waals surface area contributed by atoms with Crippen LogP contribution in [0.2, 0.25) is 0 Å². The van der Waals surface area contributed by atoms with Crippen molar-refractivity contribution >= 4 is 17.6 Å². The first-order valence-electron chi connectivity index (χ1n) is 6.44. The predicted octanol–water partition coefficient (Wildman–Crippen LogP) is 1.63. The van der Waals surface area contributed by atoms with Crippen LogP contribution >= 0.6 is 0 Å². The lowest BCUT2D eigenvalue weighted by Crippen LogP contribution is -2.46. The molecular formula is C13H22N4O2. The van der Waals surface area contributed by atoms with Gasteiger partial charge in [-0.1, -0.05) is 27.7 Å². The van der Waals surface area contributed by atoms with E-state index in [-0.39, 0.29) is 17.7 Å². The molecule has 6 nitrogen and oxygen atoms in total. The summed E-state index contributed by atoms with van der Waals surface area (Å²) in [5.74, 6) is 0.317. The Morgan fingerprint density at radius 2 is 1.89 bits per heavy atom. The maximum absolute atomic E-state index is 12.1. The standard InChI is InChI=1S/C13H22N4O2/c1-7(2)10-6-11(17-16-10)15-13(19)12(8(3)4)14-9(5)18/h6-8,12H,1-5H3,(H,14,18)(H2,15,16,17,19). The van der Waals surface area contributed by atoms with E-state index in [2.05, 4.69) is 20.8 Å². The van der Waals surface area contributed by atoms with Crippen LogP contribution in [0.5, 0.6) is 0 Å². The molecule has 1 rings (SSSR count). The molecule has 0 aliphatic carbocycles. The lowest BCUT2D eigenvalue weighted by atomic mass is 10.0. The minimum absolute atomic E-state index is 0.00686. The monoisotopic (exact) mass is 266 g/mol. The molecule has 0 aliphatic rings. The van der Waals surface area contributed by atoms with Crippen molar-refractivity contribution in [2.24, 2.45) is 5.92 Å². The van der Waals surface area contributed by atoms with Crippen molar-refractivity contribution in [2.45, 2.75) is 46.6 Å². The van der Waals surface area contributed by atoms with Gasteiger partial charge in [0.2, 0.25) is 11.8 Å². The number of carbonyl (C=O) groups is 2. The maximum atomic E-state index is 12.1. The molecule has 0 radical (unpaired) electrons. The number of anilines is 1. The fourth-order valence-electron chi connectivity index (χ4n) is 1.65. The van der Waals surface area contributed by atoms with Crippen LogP contribution in [0, 0.1) is 5.92 Å². The van der Waals surface area contributed by atoms with E-state index in [1.165, 1.54) is 6.92 Å². The average Bonchev–Trinajstić information content (AvgIpc) is 2.73. The zero-order chi connectivity index (χ0) is 14.6. The molecule has 3 N–H and O–H groups in total. The van der Waals surface area contributed by atoms with Gasteiger partial charge in [0.1, 0.15) is 6.04 Å². The summed E-state index contributed by atoms with van der Waals surface area (Å²) in [6.07, 6.45) is 0. The van der Waals surface area contributed by atoms with Crippen LogP contribution < -0.4 is 10.6 Å². The van der Waals surface area contributed by atoms with Gasteiger partial charge in [0.15, 0.2) is 5.82 Å².